The second-order valence-corrected chi connectivity index (χ2v) is 6.33. The zero-order valence-corrected chi connectivity index (χ0v) is 11.4. The first-order chi connectivity index (χ1) is 7.49. The highest BCUT2D eigenvalue weighted by molar-refractivity contribution is 5.06. The minimum Gasteiger partial charge on any atom is -0.365 e. The number of nitrogens with one attached hydrogen (secondary N) is 1. The van der Waals surface area contributed by atoms with Crippen LogP contribution in [-0.4, -0.2) is 24.3 Å². The van der Waals surface area contributed by atoms with Gasteiger partial charge in [0.15, 0.2) is 0 Å². The van der Waals surface area contributed by atoms with Crippen molar-refractivity contribution in [2.75, 3.05) is 13.1 Å². The Morgan fingerprint density at radius 3 is 2.25 bits per heavy atom. The van der Waals surface area contributed by atoms with E-state index in [2.05, 4.69) is 33.0 Å². The Morgan fingerprint density at radius 2 is 1.75 bits per heavy atom. The van der Waals surface area contributed by atoms with Crippen LogP contribution in [0.15, 0.2) is 0 Å². The van der Waals surface area contributed by atoms with Crippen LogP contribution in [0.1, 0.15) is 59.8 Å². The van der Waals surface area contributed by atoms with Crippen molar-refractivity contribution in [3.63, 3.8) is 0 Å². The number of rotatable bonds is 2. The maximum Gasteiger partial charge on any atom is 0.0864 e. The number of hydrogen-bond donors (Lipinski definition) is 1. The lowest BCUT2D eigenvalue weighted by atomic mass is 9.75. The lowest BCUT2D eigenvalue weighted by Gasteiger charge is -2.52. The summed E-state index contributed by atoms with van der Waals surface area (Å²) >= 11 is 0. The predicted molar refractivity (Wildman–Crippen MR) is 67.6 cm³/mol. The summed E-state index contributed by atoms with van der Waals surface area (Å²) in [5.74, 6) is 0. The lowest BCUT2D eigenvalue weighted by Crippen LogP contribution is -2.63. The van der Waals surface area contributed by atoms with Gasteiger partial charge in [-0.05, 0) is 37.5 Å². The number of ether oxygens (including phenoxy) is 1. The van der Waals surface area contributed by atoms with E-state index in [4.69, 9.17) is 4.74 Å². The van der Waals surface area contributed by atoms with Crippen LogP contribution in [0.4, 0.5) is 0 Å². The molecule has 16 heavy (non-hydrogen) atoms. The van der Waals surface area contributed by atoms with Gasteiger partial charge >= 0.3 is 0 Å². The van der Waals surface area contributed by atoms with Crippen molar-refractivity contribution >= 4 is 0 Å². The van der Waals surface area contributed by atoms with Crippen LogP contribution >= 0.6 is 0 Å². The third-order valence-electron chi connectivity index (χ3n) is 5.17. The average molecular weight is 225 g/mol. The zero-order chi connectivity index (χ0) is 11.9. The Hall–Kier alpha value is -0.0800. The lowest BCUT2D eigenvalue weighted by molar-refractivity contribution is -0.215. The van der Waals surface area contributed by atoms with Crippen LogP contribution < -0.4 is 5.32 Å². The minimum absolute atomic E-state index is 0.0832. The highest BCUT2D eigenvalue weighted by Gasteiger charge is 2.54. The fourth-order valence-corrected chi connectivity index (χ4v) is 3.52. The first-order valence-electron chi connectivity index (χ1n) is 6.90. The molecule has 0 amide bonds. The summed E-state index contributed by atoms with van der Waals surface area (Å²) in [7, 11) is 0. The van der Waals surface area contributed by atoms with Gasteiger partial charge in [-0.3, -0.25) is 0 Å². The maximum absolute atomic E-state index is 6.67. The molecule has 0 aromatic rings. The molecular formula is C14H27NO. The van der Waals surface area contributed by atoms with E-state index in [0.717, 1.165) is 25.9 Å². The van der Waals surface area contributed by atoms with Gasteiger partial charge in [0, 0.05) is 13.1 Å². The molecule has 1 aliphatic heterocycles. The van der Waals surface area contributed by atoms with Crippen molar-refractivity contribution in [1.29, 1.82) is 0 Å². The third kappa shape index (κ3) is 1.70. The molecule has 1 heterocycles. The van der Waals surface area contributed by atoms with Crippen molar-refractivity contribution in [1.82, 2.24) is 5.32 Å². The van der Waals surface area contributed by atoms with E-state index in [1.54, 1.807) is 0 Å². The average Bonchev–Trinajstić information content (AvgIpc) is 2.54. The van der Waals surface area contributed by atoms with E-state index < -0.39 is 0 Å². The zero-order valence-electron chi connectivity index (χ0n) is 11.4. The van der Waals surface area contributed by atoms with Crippen LogP contribution in [0.25, 0.3) is 0 Å². The molecule has 1 atom stereocenters. The van der Waals surface area contributed by atoms with E-state index in [9.17, 15) is 0 Å². The fraction of sp³-hybridized carbons (Fsp3) is 1.00. The van der Waals surface area contributed by atoms with Crippen molar-refractivity contribution in [3.8, 4) is 0 Å². The molecule has 1 N–H and O–H groups in total. The van der Waals surface area contributed by atoms with E-state index in [1.807, 2.05) is 0 Å². The minimum atomic E-state index is 0.0832. The van der Waals surface area contributed by atoms with E-state index in [0.29, 0.717) is 5.41 Å². The SMILES string of the molecule is CCC1(CC)CNCC2(CCCC2(C)C)O1. The summed E-state index contributed by atoms with van der Waals surface area (Å²) in [5, 5.41) is 3.64. The topological polar surface area (TPSA) is 21.3 Å². The Bertz CT molecular complexity index is 257. The van der Waals surface area contributed by atoms with Gasteiger partial charge in [0.1, 0.15) is 0 Å². The molecule has 0 radical (unpaired) electrons. The molecule has 1 unspecified atom stereocenters. The summed E-state index contributed by atoms with van der Waals surface area (Å²) in [4.78, 5) is 0. The molecule has 94 valence electrons. The Balaban J connectivity index is 2.23. The second kappa shape index (κ2) is 3.99. The van der Waals surface area contributed by atoms with Crippen LogP contribution in [0.3, 0.4) is 0 Å². The van der Waals surface area contributed by atoms with Gasteiger partial charge in [-0.15, -0.1) is 0 Å². The molecule has 2 aliphatic rings. The summed E-state index contributed by atoms with van der Waals surface area (Å²) in [6, 6.07) is 0. The van der Waals surface area contributed by atoms with E-state index >= 15 is 0 Å². The predicted octanol–water partition coefficient (Wildman–Crippen LogP) is 3.11. The molecule has 1 spiro atoms. The molecule has 1 saturated carbocycles. The quantitative estimate of drug-likeness (QED) is 0.779. The second-order valence-electron chi connectivity index (χ2n) is 6.33. The molecule has 0 aromatic heterocycles. The standard InChI is InChI=1S/C14H27NO/c1-5-13(6-2)10-15-11-14(16-13)9-7-8-12(14,3)4/h15H,5-11H2,1-4H3. The smallest absolute Gasteiger partial charge is 0.0864 e. The summed E-state index contributed by atoms with van der Waals surface area (Å²) in [5.41, 5.74) is 0.507. The largest absolute Gasteiger partial charge is 0.365 e. The molecule has 2 heteroatoms. The van der Waals surface area contributed by atoms with E-state index in [-0.39, 0.29) is 11.2 Å². The van der Waals surface area contributed by atoms with E-state index in [1.165, 1.54) is 19.3 Å². The van der Waals surface area contributed by atoms with Gasteiger partial charge in [-0.25, -0.2) is 0 Å². The van der Waals surface area contributed by atoms with Gasteiger partial charge < -0.3 is 10.1 Å². The highest BCUT2D eigenvalue weighted by atomic mass is 16.5. The van der Waals surface area contributed by atoms with Crippen LogP contribution in [0.2, 0.25) is 0 Å². The Kier molecular flexibility index (Phi) is 3.09. The van der Waals surface area contributed by atoms with Crippen molar-refractivity contribution in [3.05, 3.63) is 0 Å². The first kappa shape index (κ1) is 12.4. The van der Waals surface area contributed by atoms with Gasteiger partial charge in [0.25, 0.3) is 0 Å². The molecule has 1 saturated heterocycles. The molecule has 1 aliphatic carbocycles. The molecule has 0 bridgehead atoms. The molecule has 2 rings (SSSR count). The highest BCUT2D eigenvalue weighted by Crippen LogP contribution is 2.51. The first-order valence-corrected chi connectivity index (χ1v) is 6.90. The molecule has 0 aromatic carbocycles. The van der Waals surface area contributed by atoms with Crippen LogP contribution in [0.5, 0.6) is 0 Å². The van der Waals surface area contributed by atoms with Crippen LogP contribution in [-0.2, 0) is 4.74 Å². The third-order valence-corrected chi connectivity index (χ3v) is 5.17. The number of hydrogen-bond acceptors (Lipinski definition) is 2. The Morgan fingerprint density at radius 1 is 1.06 bits per heavy atom. The summed E-state index contributed by atoms with van der Waals surface area (Å²) < 4.78 is 6.67. The Labute approximate surface area is 100 Å². The fourth-order valence-electron chi connectivity index (χ4n) is 3.52. The summed E-state index contributed by atoms with van der Waals surface area (Å²) in [6.07, 6.45) is 6.09. The molecular weight excluding hydrogens is 198 g/mol. The van der Waals surface area contributed by atoms with Crippen LogP contribution in [0, 0.1) is 5.41 Å². The normalized spacial score (nSPS) is 36.8. The maximum atomic E-state index is 6.67. The van der Waals surface area contributed by atoms with Gasteiger partial charge in [0.2, 0.25) is 0 Å². The van der Waals surface area contributed by atoms with Crippen molar-refractivity contribution in [2.24, 2.45) is 5.41 Å². The van der Waals surface area contributed by atoms with Gasteiger partial charge in [0.05, 0.1) is 11.2 Å². The van der Waals surface area contributed by atoms with Crippen molar-refractivity contribution < 1.29 is 4.74 Å². The molecule has 2 nitrogen and oxygen atoms in total. The summed E-state index contributed by atoms with van der Waals surface area (Å²) in [6.45, 7) is 11.3. The van der Waals surface area contributed by atoms with Gasteiger partial charge in [-0.1, -0.05) is 27.7 Å². The number of morpholine rings is 1. The van der Waals surface area contributed by atoms with Crippen molar-refractivity contribution in [2.45, 2.75) is 71.0 Å². The van der Waals surface area contributed by atoms with Gasteiger partial charge in [-0.2, -0.15) is 0 Å². The molecule has 2 fully saturated rings. The monoisotopic (exact) mass is 225 g/mol.